The van der Waals surface area contributed by atoms with Crippen molar-refractivity contribution in [2.24, 2.45) is 0 Å². The summed E-state index contributed by atoms with van der Waals surface area (Å²) in [6, 6.07) is 0. The minimum absolute atomic E-state index is 0.0833. The molecule has 1 atom stereocenters. The minimum atomic E-state index is 0.0833. The molecule has 1 saturated heterocycles. The van der Waals surface area contributed by atoms with E-state index in [2.05, 4.69) is 5.32 Å². The summed E-state index contributed by atoms with van der Waals surface area (Å²) in [5.74, 6) is 1.07. The smallest absolute Gasteiger partial charge is 0.147 e. The van der Waals surface area contributed by atoms with E-state index in [9.17, 15) is 4.79 Å². The summed E-state index contributed by atoms with van der Waals surface area (Å²) < 4.78 is 0. The maximum absolute atomic E-state index is 9.92. The van der Waals surface area contributed by atoms with E-state index in [1.807, 2.05) is 0 Å². The van der Waals surface area contributed by atoms with Crippen LogP contribution in [0.15, 0.2) is 0 Å². The Morgan fingerprint density at radius 2 is 2.71 bits per heavy atom. The highest BCUT2D eigenvalue weighted by Gasteiger charge is 2.11. The molecule has 1 heterocycles. The Balaban J connectivity index is 2.26. The molecule has 1 aliphatic rings. The molecule has 0 aromatic rings. The molecule has 0 aromatic carbocycles. The molecule has 1 N–H and O–H groups in total. The monoisotopic (exact) mass is 117 g/mol. The Labute approximate surface area is 46.7 Å². The molecule has 1 rings (SSSR count). The molecule has 0 spiro atoms. The summed E-state index contributed by atoms with van der Waals surface area (Å²) >= 11 is 1.66. The Kier molecular flexibility index (Phi) is 1.70. The first kappa shape index (κ1) is 5.12. The van der Waals surface area contributed by atoms with E-state index >= 15 is 0 Å². The van der Waals surface area contributed by atoms with Gasteiger partial charge in [0.25, 0.3) is 0 Å². The van der Waals surface area contributed by atoms with Crippen LogP contribution in [-0.2, 0) is 4.79 Å². The van der Waals surface area contributed by atoms with Gasteiger partial charge >= 0.3 is 0 Å². The van der Waals surface area contributed by atoms with Gasteiger partial charge in [0.05, 0.1) is 0 Å². The number of aldehydes is 1. The highest BCUT2D eigenvalue weighted by atomic mass is 32.2. The van der Waals surface area contributed by atoms with Crippen molar-refractivity contribution in [3.8, 4) is 0 Å². The molecule has 1 fully saturated rings. The number of nitrogens with one attached hydrogen (secondary N) is 1. The summed E-state index contributed by atoms with van der Waals surface area (Å²) in [6.45, 7) is 0.980. The molecular weight excluding hydrogens is 110 g/mol. The molecule has 2 nitrogen and oxygen atoms in total. The highest BCUT2D eigenvalue weighted by Crippen LogP contribution is 2.09. The summed E-state index contributed by atoms with van der Waals surface area (Å²) in [7, 11) is 0. The van der Waals surface area contributed by atoms with Gasteiger partial charge in [0, 0.05) is 12.3 Å². The van der Waals surface area contributed by atoms with Gasteiger partial charge in [0.2, 0.25) is 0 Å². The average molecular weight is 117 g/mol. The van der Waals surface area contributed by atoms with Crippen molar-refractivity contribution < 1.29 is 4.79 Å². The summed E-state index contributed by atoms with van der Waals surface area (Å²) in [5, 5.41) is 3.08. The maximum Gasteiger partial charge on any atom is 0.147 e. The molecule has 1 aliphatic heterocycles. The topological polar surface area (TPSA) is 29.1 Å². The third kappa shape index (κ3) is 1.17. The number of carbonyl (C=O) groups is 1. The van der Waals surface area contributed by atoms with E-state index in [0.29, 0.717) is 0 Å². The molecule has 3 heteroatoms. The first-order valence-electron chi connectivity index (χ1n) is 2.24. The lowest BCUT2D eigenvalue weighted by Crippen LogP contribution is -2.20. The van der Waals surface area contributed by atoms with Gasteiger partial charge in [-0.05, 0) is 0 Å². The van der Waals surface area contributed by atoms with Gasteiger partial charge in [-0.1, -0.05) is 0 Å². The molecular formula is C4H7NOS. The number of rotatable bonds is 1. The van der Waals surface area contributed by atoms with Crippen LogP contribution in [0.25, 0.3) is 0 Å². The lowest BCUT2D eigenvalue weighted by molar-refractivity contribution is -0.107. The number of hydrogen-bond acceptors (Lipinski definition) is 3. The molecule has 0 radical (unpaired) electrons. The van der Waals surface area contributed by atoms with Crippen molar-refractivity contribution >= 4 is 18.0 Å². The predicted octanol–water partition coefficient (Wildman–Crippen LogP) is -0.152. The van der Waals surface area contributed by atoms with Crippen molar-refractivity contribution in [3.63, 3.8) is 0 Å². The van der Waals surface area contributed by atoms with Gasteiger partial charge in [-0.15, -0.1) is 11.8 Å². The van der Waals surface area contributed by atoms with Crippen LogP contribution in [0.2, 0.25) is 0 Å². The third-order valence-corrected chi connectivity index (χ3v) is 1.95. The summed E-state index contributed by atoms with van der Waals surface area (Å²) in [4.78, 5) is 9.92. The zero-order valence-electron chi connectivity index (χ0n) is 3.89. The van der Waals surface area contributed by atoms with E-state index in [1.54, 1.807) is 11.8 Å². The zero-order valence-corrected chi connectivity index (χ0v) is 4.70. The van der Waals surface area contributed by atoms with Crippen LogP contribution < -0.4 is 5.32 Å². The Morgan fingerprint density at radius 1 is 1.86 bits per heavy atom. The summed E-state index contributed by atoms with van der Waals surface area (Å²) in [5.41, 5.74) is 0. The van der Waals surface area contributed by atoms with E-state index in [0.717, 1.165) is 18.6 Å². The number of hydrogen-bond donors (Lipinski definition) is 1. The number of carbonyl (C=O) groups excluding carboxylic acids is 1. The molecule has 7 heavy (non-hydrogen) atoms. The second-order valence-corrected chi connectivity index (χ2v) is 2.63. The van der Waals surface area contributed by atoms with Gasteiger partial charge in [0.15, 0.2) is 0 Å². The van der Waals surface area contributed by atoms with Crippen LogP contribution in [0, 0.1) is 0 Å². The minimum Gasteiger partial charge on any atom is -0.301 e. The Bertz CT molecular complexity index is 70.1. The van der Waals surface area contributed by atoms with Gasteiger partial charge in [0.1, 0.15) is 11.7 Å². The molecule has 0 bridgehead atoms. The Morgan fingerprint density at radius 3 is 3.00 bits per heavy atom. The molecule has 0 amide bonds. The average Bonchev–Trinajstić information content (AvgIpc) is 2.14. The van der Waals surface area contributed by atoms with Crippen LogP contribution >= 0.6 is 11.8 Å². The van der Waals surface area contributed by atoms with Crippen molar-refractivity contribution in [1.29, 1.82) is 0 Å². The molecule has 40 valence electrons. The SMILES string of the molecule is O=C[C@H]1NCCS1. The molecule has 0 unspecified atom stereocenters. The lowest BCUT2D eigenvalue weighted by atomic mass is 10.6. The van der Waals surface area contributed by atoms with E-state index in [-0.39, 0.29) is 5.37 Å². The fourth-order valence-corrected chi connectivity index (χ4v) is 1.34. The van der Waals surface area contributed by atoms with E-state index < -0.39 is 0 Å². The molecule has 0 aliphatic carbocycles. The highest BCUT2D eigenvalue weighted by molar-refractivity contribution is 8.00. The standard InChI is InChI=1S/C4H7NOS/c6-3-4-5-1-2-7-4/h3-5H,1-2H2/t4-/m0/s1. The quantitative estimate of drug-likeness (QED) is 0.484. The van der Waals surface area contributed by atoms with Crippen LogP contribution in [-0.4, -0.2) is 24.0 Å². The fourth-order valence-electron chi connectivity index (χ4n) is 0.533. The Hall–Kier alpha value is -0.0200. The first-order chi connectivity index (χ1) is 3.43. The molecule has 0 aromatic heterocycles. The number of thioether (sulfide) groups is 1. The van der Waals surface area contributed by atoms with Crippen LogP contribution in [0.1, 0.15) is 0 Å². The normalized spacial score (nSPS) is 30.6. The van der Waals surface area contributed by atoms with Gasteiger partial charge in [-0.3, -0.25) is 5.32 Å². The van der Waals surface area contributed by atoms with Crippen molar-refractivity contribution in [2.45, 2.75) is 5.37 Å². The first-order valence-corrected chi connectivity index (χ1v) is 3.28. The van der Waals surface area contributed by atoms with Gasteiger partial charge in [-0.25, -0.2) is 0 Å². The van der Waals surface area contributed by atoms with Crippen molar-refractivity contribution in [2.75, 3.05) is 12.3 Å². The van der Waals surface area contributed by atoms with Crippen LogP contribution in [0.4, 0.5) is 0 Å². The van der Waals surface area contributed by atoms with Crippen LogP contribution in [0.5, 0.6) is 0 Å². The van der Waals surface area contributed by atoms with Gasteiger partial charge in [-0.2, -0.15) is 0 Å². The van der Waals surface area contributed by atoms with Crippen LogP contribution in [0.3, 0.4) is 0 Å². The van der Waals surface area contributed by atoms with E-state index in [1.165, 1.54) is 0 Å². The maximum atomic E-state index is 9.92. The fraction of sp³-hybridized carbons (Fsp3) is 0.750. The second-order valence-electron chi connectivity index (χ2n) is 1.38. The zero-order chi connectivity index (χ0) is 5.11. The summed E-state index contributed by atoms with van der Waals surface area (Å²) in [6.07, 6.45) is 0.942. The predicted molar refractivity (Wildman–Crippen MR) is 30.3 cm³/mol. The largest absolute Gasteiger partial charge is 0.301 e. The van der Waals surface area contributed by atoms with Gasteiger partial charge < -0.3 is 4.79 Å². The third-order valence-electron chi connectivity index (χ3n) is 0.869. The second kappa shape index (κ2) is 2.33. The molecule has 0 saturated carbocycles. The van der Waals surface area contributed by atoms with E-state index in [4.69, 9.17) is 0 Å². The van der Waals surface area contributed by atoms with Crippen molar-refractivity contribution in [3.05, 3.63) is 0 Å². The lowest BCUT2D eigenvalue weighted by Gasteiger charge is -1.93. The van der Waals surface area contributed by atoms with Crippen molar-refractivity contribution in [1.82, 2.24) is 5.32 Å².